The van der Waals surface area contributed by atoms with Crippen LogP contribution in [0.3, 0.4) is 0 Å². The largest absolute Gasteiger partial charge is 0.467 e. The van der Waals surface area contributed by atoms with Crippen molar-refractivity contribution in [2.45, 2.75) is 69.9 Å². The predicted octanol–water partition coefficient (Wildman–Crippen LogP) is 3.19. The molecule has 5 heterocycles. The van der Waals surface area contributed by atoms with Crippen molar-refractivity contribution in [3.8, 4) is 0 Å². The van der Waals surface area contributed by atoms with Gasteiger partial charge in [0, 0.05) is 16.2 Å². The Kier molecular flexibility index (Phi) is 5.88. The zero-order chi connectivity index (χ0) is 27.2. The van der Waals surface area contributed by atoms with Crippen molar-refractivity contribution in [3.05, 3.63) is 45.6 Å². The lowest BCUT2D eigenvalue weighted by Crippen LogP contribution is -2.60. The van der Waals surface area contributed by atoms with Crippen molar-refractivity contribution in [2.75, 3.05) is 20.8 Å². The summed E-state index contributed by atoms with van der Waals surface area (Å²) in [6, 6.07) is 4.64. The molecule has 3 saturated heterocycles. The Morgan fingerprint density at radius 1 is 1.03 bits per heavy atom. The number of ether oxygens (including phenoxy) is 7. The standard InChI is InChI=1S/C27H30BrNO9/c1-25(2)34-12-16(36-25)20-27(21-24(35-20)38-26(3,4)37-21)17(22(30)32-5)18-14-8-7-9-15(28)13(14)10-11-29(18)19(27)23(31)33-6/h7-11,16,19-21,24H,12H2,1-6H3/t16-,19+,20-,21+,24-,27-/m1/s1. The molecule has 0 N–H and O–H groups in total. The van der Waals surface area contributed by atoms with Crippen LogP contribution >= 0.6 is 15.9 Å². The fourth-order valence-electron chi connectivity index (χ4n) is 6.55. The number of carbonyl (C=O) groups excluding carboxylic acids is 2. The summed E-state index contributed by atoms with van der Waals surface area (Å²) in [6.07, 6.45) is 0.394. The lowest BCUT2D eigenvalue weighted by Gasteiger charge is -2.42. The van der Waals surface area contributed by atoms with E-state index in [4.69, 9.17) is 33.2 Å². The number of hydrogen-bond acceptors (Lipinski definition) is 10. The fourth-order valence-corrected chi connectivity index (χ4v) is 7.05. The quantitative estimate of drug-likeness (QED) is 0.487. The van der Waals surface area contributed by atoms with E-state index in [1.165, 1.54) is 14.2 Å². The minimum atomic E-state index is -1.43. The normalized spacial score (nSPS) is 35.9. The Bertz CT molecular complexity index is 1270. The molecular formula is C27H30BrNO9. The van der Waals surface area contributed by atoms with Crippen LogP contribution in [0.2, 0.25) is 0 Å². The number of hydrogen-bond donors (Lipinski definition) is 0. The molecule has 0 aromatic heterocycles. The predicted molar refractivity (Wildman–Crippen MR) is 136 cm³/mol. The van der Waals surface area contributed by atoms with Gasteiger partial charge in [-0.3, -0.25) is 0 Å². The van der Waals surface area contributed by atoms with Gasteiger partial charge in [-0.05, 0) is 45.4 Å². The van der Waals surface area contributed by atoms with Gasteiger partial charge < -0.3 is 38.1 Å². The highest BCUT2D eigenvalue weighted by Gasteiger charge is 2.77. The van der Waals surface area contributed by atoms with Gasteiger partial charge in [0.05, 0.1) is 37.5 Å². The highest BCUT2D eigenvalue weighted by Crippen LogP contribution is 2.63. The molecule has 0 aliphatic carbocycles. The number of fused-ring (bicyclic) bond motifs is 5. The molecule has 0 unspecified atom stereocenters. The van der Waals surface area contributed by atoms with Gasteiger partial charge in [-0.2, -0.15) is 0 Å². The molecule has 5 aliphatic heterocycles. The third-order valence-corrected chi connectivity index (χ3v) is 8.52. The first kappa shape index (κ1) is 26.0. The zero-order valence-electron chi connectivity index (χ0n) is 22.0. The topological polar surface area (TPSA) is 102 Å². The molecule has 10 nitrogen and oxygen atoms in total. The molecule has 11 heteroatoms. The lowest BCUT2D eigenvalue weighted by atomic mass is 9.66. The smallest absolute Gasteiger partial charge is 0.336 e. The second kappa shape index (κ2) is 8.61. The maximum atomic E-state index is 13.9. The Morgan fingerprint density at radius 3 is 2.45 bits per heavy atom. The molecule has 204 valence electrons. The van der Waals surface area contributed by atoms with E-state index < -0.39 is 59.6 Å². The third kappa shape index (κ3) is 3.49. The van der Waals surface area contributed by atoms with E-state index in [0.29, 0.717) is 5.70 Å². The molecule has 1 aromatic carbocycles. The van der Waals surface area contributed by atoms with Gasteiger partial charge in [0.25, 0.3) is 0 Å². The van der Waals surface area contributed by atoms with Crippen LogP contribution in [0.4, 0.5) is 0 Å². The van der Waals surface area contributed by atoms with Crippen molar-refractivity contribution in [1.29, 1.82) is 0 Å². The second-order valence-electron chi connectivity index (χ2n) is 10.8. The van der Waals surface area contributed by atoms with E-state index in [1.54, 1.807) is 38.8 Å². The van der Waals surface area contributed by atoms with Gasteiger partial charge in [0.2, 0.25) is 0 Å². The summed E-state index contributed by atoms with van der Waals surface area (Å²) in [4.78, 5) is 29.5. The van der Waals surface area contributed by atoms with E-state index in [9.17, 15) is 9.59 Å². The van der Waals surface area contributed by atoms with Gasteiger partial charge >= 0.3 is 11.9 Å². The number of nitrogens with zero attached hydrogens (tertiary/aromatic N) is 1. The summed E-state index contributed by atoms with van der Waals surface area (Å²) < 4.78 is 42.9. The Hall–Kier alpha value is -2.28. The van der Waals surface area contributed by atoms with E-state index in [-0.39, 0.29) is 12.2 Å². The summed E-state index contributed by atoms with van der Waals surface area (Å²) >= 11 is 3.62. The molecule has 3 fully saturated rings. The molecule has 5 aliphatic rings. The number of esters is 2. The first-order valence-corrected chi connectivity index (χ1v) is 13.2. The average Bonchev–Trinajstić information content (AvgIpc) is 3.56. The molecular weight excluding hydrogens is 562 g/mol. The maximum Gasteiger partial charge on any atom is 0.336 e. The minimum Gasteiger partial charge on any atom is -0.467 e. The molecule has 0 radical (unpaired) electrons. The first-order chi connectivity index (χ1) is 17.9. The van der Waals surface area contributed by atoms with Crippen LogP contribution in [-0.2, 0) is 42.7 Å². The van der Waals surface area contributed by atoms with Gasteiger partial charge in [0.15, 0.2) is 17.9 Å². The summed E-state index contributed by atoms with van der Waals surface area (Å²) in [5, 5.41) is 0. The Morgan fingerprint density at radius 2 is 1.79 bits per heavy atom. The van der Waals surface area contributed by atoms with Gasteiger partial charge in [-0.1, -0.05) is 28.1 Å². The molecule has 6 atom stereocenters. The van der Waals surface area contributed by atoms with Crippen LogP contribution in [0.15, 0.2) is 34.4 Å². The van der Waals surface area contributed by atoms with Crippen LogP contribution in [0.25, 0.3) is 11.8 Å². The molecule has 0 amide bonds. The van der Waals surface area contributed by atoms with Gasteiger partial charge in [-0.25, -0.2) is 9.59 Å². The van der Waals surface area contributed by atoms with E-state index >= 15 is 0 Å². The van der Waals surface area contributed by atoms with Crippen molar-refractivity contribution in [1.82, 2.24) is 4.90 Å². The van der Waals surface area contributed by atoms with Crippen molar-refractivity contribution < 1.29 is 42.7 Å². The van der Waals surface area contributed by atoms with E-state index in [1.807, 2.05) is 24.3 Å². The summed E-state index contributed by atoms with van der Waals surface area (Å²) in [5.41, 5.74) is 0.935. The fraction of sp³-hybridized carbons (Fsp3) is 0.556. The first-order valence-electron chi connectivity index (χ1n) is 12.4. The number of rotatable bonds is 3. The average molecular weight is 592 g/mol. The van der Waals surface area contributed by atoms with E-state index in [2.05, 4.69) is 15.9 Å². The number of halogens is 1. The zero-order valence-corrected chi connectivity index (χ0v) is 23.6. The number of methoxy groups -OCH3 is 2. The van der Waals surface area contributed by atoms with Gasteiger partial charge in [0.1, 0.15) is 24.4 Å². The molecule has 1 spiro atoms. The van der Waals surface area contributed by atoms with E-state index in [0.717, 1.165) is 15.6 Å². The summed E-state index contributed by atoms with van der Waals surface area (Å²) in [7, 11) is 2.64. The minimum absolute atomic E-state index is 0.178. The molecule has 0 bridgehead atoms. The molecule has 38 heavy (non-hydrogen) atoms. The highest BCUT2D eigenvalue weighted by atomic mass is 79.9. The molecule has 0 saturated carbocycles. The van der Waals surface area contributed by atoms with Crippen molar-refractivity contribution >= 4 is 39.6 Å². The molecule has 1 aromatic rings. The van der Waals surface area contributed by atoms with Crippen LogP contribution < -0.4 is 0 Å². The summed E-state index contributed by atoms with van der Waals surface area (Å²) in [5.74, 6) is -3.11. The van der Waals surface area contributed by atoms with Gasteiger partial charge in [-0.15, -0.1) is 0 Å². The monoisotopic (exact) mass is 591 g/mol. The lowest BCUT2D eigenvalue weighted by molar-refractivity contribution is -0.237. The van der Waals surface area contributed by atoms with Crippen LogP contribution in [0, 0.1) is 5.41 Å². The second-order valence-corrected chi connectivity index (χ2v) is 11.7. The van der Waals surface area contributed by atoms with Crippen molar-refractivity contribution in [3.63, 3.8) is 0 Å². The van der Waals surface area contributed by atoms with Crippen molar-refractivity contribution in [2.24, 2.45) is 5.41 Å². The summed E-state index contributed by atoms with van der Waals surface area (Å²) in [6.45, 7) is 7.32. The Labute approximate surface area is 228 Å². The highest BCUT2D eigenvalue weighted by molar-refractivity contribution is 9.10. The van der Waals surface area contributed by atoms with Crippen LogP contribution in [0.1, 0.15) is 38.8 Å². The SMILES string of the molecule is COC(=O)C1=C2c3cccc(Br)c3C=CN2[C@@H](C(=O)OC)[C@@]12[C@@H]([C@H]1COC(C)(C)O1)O[C@@H]1OC(C)(C)O[C@@H]12. The Balaban J connectivity index is 1.67. The molecule has 6 rings (SSSR count). The third-order valence-electron chi connectivity index (χ3n) is 7.83. The van der Waals surface area contributed by atoms with Crippen LogP contribution in [-0.4, -0.2) is 79.9 Å². The number of benzene rings is 1. The van der Waals surface area contributed by atoms with Crippen LogP contribution in [0.5, 0.6) is 0 Å². The number of carbonyl (C=O) groups is 2. The maximum absolute atomic E-state index is 13.9.